The van der Waals surface area contributed by atoms with Crippen LogP contribution in [-0.4, -0.2) is 66.5 Å². The number of nitrogens with zero attached hydrogens (tertiary/aromatic N) is 3. The number of benzene rings is 1. The Morgan fingerprint density at radius 3 is 2.33 bits per heavy atom. The SMILES string of the molecule is Cc1nc2ccc(S(=O)(=O)N3CCOCC3)cc2c2c1C(=O)N(OC(C)(C)C)C2=O. The summed E-state index contributed by atoms with van der Waals surface area (Å²) in [6, 6.07) is 4.44. The monoisotopic (exact) mass is 433 g/mol. The summed E-state index contributed by atoms with van der Waals surface area (Å²) in [7, 11) is -3.77. The molecule has 9 nitrogen and oxygen atoms in total. The molecule has 160 valence electrons. The number of carbonyl (C=O) groups excluding carboxylic acids is 2. The minimum absolute atomic E-state index is 0.0418. The van der Waals surface area contributed by atoms with Crippen molar-refractivity contribution in [2.24, 2.45) is 0 Å². The van der Waals surface area contributed by atoms with Crippen molar-refractivity contribution in [2.45, 2.75) is 38.2 Å². The van der Waals surface area contributed by atoms with Crippen LogP contribution in [0, 0.1) is 6.92 Å². The number of pyridine rings is 1. The first-order valence-corrected chi connectivity index (χ1v) is 11.0. The van der Waals surface area contributed by atoms with Gasteiger partial charge in [0.25, 0.3) is 11.8 Å². The van der Waals surface area contributed by atoms with Gasteiger partial charge in [-0.05, 0) is 45.9 Å². The lowest BCUT2D eigenvalue weighted by molar-refractivity contribution is -0.165. The zero-order chi connectivity index (χ0) is 21.8. The van der Waals surface area contributed by atoms with Crippen molar-refractivity contribution in [3.63, 3.8) is 0 Å². The number of imide groups is 1. The first-order valence-electron chi connectivity index (χ1n) is 9.61. The van der Waals surface area contributed by atoms with Crippen molar-refractivity contribution in [1.29, 1.82) is 0 Å². The van der Waals surface area contributed by atoms with Gasteiger partial charge in [-0.3, -0.25) is 19.4 Å². The fraction of sp³-hybridized carbons (Fsp3) is 0.450. The summed E-state index contributed by atoms with van der Waals surface area (Å²) in [6.07, 6.45) is 0. The van der Waals surface area contributed by atoms with E-state index in [1.807, 2.05) is 0 Å². The lowest BCUT2D eigenvalue weighted by Crippen LogP contribution is -2.40. The van der Waals surface area contributed by atoms with Gasteiger partial charge < -0.3 is 4.74 Å². The number of fused-ring (bicyclic) bond motifs is 3. The smallest absolute Gasteiger partial charge is 0.287 e. The average Bonchev–Trinajstić information content (AvgIpc) is 2.93. The Labute approximate surface area is 174 Å². The van der Waals surface area contributed by atoms with Gasteiger partial charge in [-0.15, -0.1) is 5.06 Å². The Bertz CT molecular complexity index is 1160. The number of hydrogen-bond acceptors (Lipinski definition) is 7. The van der Waals surface area contributed by atoms with Crippen LogP contribution in [0.5, 0.6) is 0 Å². The molecule has 2 aromatic rings. The van der Waals surface area contributed by atoms with E-state index in [-0.39, 0.29) is 29.1 Å². The first-order chi connectivity index (χ1) is 14.0. The van der Waals surface area contributed by atoms with Crippen molar-refractivity contribution in [1.82, 2.24) is 14.4 Å². The van der Waals surface area contributed by atoms with Crippen molar-refractivity contribution in [2.75, 3.05) is 26.3 Å². The van der Waals surface area contributed by atoms with E-state index in [2.05, 4.69) is 4.98 Å². The molecule has 0 N–H and O–H groups in total. The van der Waals surface area contributed by atoms with Gasteiger partial charge in [0.1, 0.15) is 0 Å². The Morgan fingerprint density at radius 2 is 1.70 bits per heavy atom. The number of hydroxylamine groups is 2. The number of morpholine rings is 1. The molecule has 0 saturated carbocycles. The maximum Gasteiger partial charge on any atom is 0.287 e. The third kappa shape index (κ3) is 3.39. The van der Waals surface area contributed by atoms with E-state index in [1.54, 1.807) is 33.8 Å². The topological polar surface area (TPSA) is 106 Å². The summed E-state index contributed by atoms with van der Waals surface area (Å²) < 4.78 is 32.7. The largest absolute Gasteiger partial charge is 0.379 e. The van der Waals surface area contributed by atoms with Crippen LogP contribution in [0.4, 0.5) is 0 Å². The number of carbonyl (C=O) groups is 2. The van der Waals surface area contributed by atoms with E-state index >= 15 is 0 Å². The quantitative estimate of drug-likeness (QED) is 0.681. The molecule has 1 aromatic carbocycles. The Morgan fingerprint density at radius 1 is 1.07 bits per heavy atom. The van der Waals surface area contributed by atoms with Gasteiger partial charge >= 0.3 is 0 Å². The number of ether oxygens (including phenoxy) is 1. The van der Waals surface area contributed by atoms with E-state index in [9.17, 15) is 18.0 Å². The van der Waals surface area contributed by atoms with Gasteiger partial charge in [0.05, 0.1) is 46.0 Å². The van der Waals surface area contributed by atoms with Crippen molar-refractivity contribution in [3.05, 3.63) is 35.0 Å². The summed E-state index contributed by atoms with van der Waals surface area (Å²) in [6.45, 7) is 8.00. The number of rotatable bonds is 3. The molecule has 0 radical (unpaired) electrons. The van der Waals surface area contributed by atoms with Crippen LogP contribution in [-0.2, 0) is 19.6 Å². The van der Waals surface area contributed by atoms with Crippen LogP contribution in [0.2, 0.25) is 0 Å². The molecule has 0 atom stereocenters. The molecule has 0 bridgehead atoms. The average molecular weight is 433 g/mol. The van der Waals surface area contributed by atoms with Gasteiger partial charge in [-0.1, -0.05) is 0 Å². The van der Waals surface area contributed by atoms with Crippen LogP contribution in [0.3, 0.4) is 0 Å². The highest BCUT2D eigenvalue weighted by atomic mass is 32.2. The molecule has 3 heterocycles. The standard InChI is InChI=1S/C20H23N3O6S/c1-12-16-17(19(25)23(18(16)24)29-20(2,3)4)14-11-13(5-6-15(14)21-12)30(26,27)22-7-9-28-10-8-22/h5-6,11H,7-10H2,1-4H3. The maximum atomic E-state index is 13.1. The summed E-state index contributed by atoms with van der Waals surface area (Å²) in [4.78, 5) is 36.0. The van der Waals surface area contributed by atoms with Crippen LogP contribution in [0.15, 0.2) is 23.1 Å². The highest BCUT2D eigenvalue weighted by molar-refractivity contribution is 7.89. The van der Waals surface area contributed by atoms with E-state index < -0.39 is 27.4 Å². The Balaban J connectivity index is 1.86. The fourth-order valence-electron chi connectivity index (χ4n) is 3.60. The molecule has 4 rings (SSSR count). The van der Waals surface area contributed by atoms with Crippen molar-refractivity contribution in [3.8, 4) is 0 Å². The minimum atomic E-state index is -3.77. The van der Waals surface area contributed by atoms with Crippen molar-refractivity contribution >= 4 is 32.7 Å². The Hall–Kier alpha value is -2.40. The molecular weight excluding hydrogens is 410 g/mol. The highest BCUT2D eigenvalue weighted by Crippen LogP contribution is 2.34. The summed E-state index contributed by atoms with van der Waals surface area (Å²) in [5.74, 6) is -1.22. The second-order valence-corrected chi connectivity index (χ2v) is 10.2. The van der Waals surface area contributed by atoms with Crippen LogP contribution in [0.25, 0.3) is 10.9 Å². The molecule has 10 heteroatoms. The highest BCUT2D eigenvalue weighted by Gasteiger charge is 2.42. The molecular formula is C20H23N3O6S. The second kappa shape index (κ2) is 7.09. The summed E-state index contributed by atoms with van der Waals surface area (Å²) >= 11 is 0. The van der Waals surface area contributed by atoms with Gasteiger partial charge in [-0.25, -0.2) is 8.42 Å². The zero-order valence-corrected chi connectivity index (χ0v) is 18.1. The predicted molar refractivity (Wildman–Crippen MR) is 107 cm³/mol. The molecule has 2 aliphatic rings. The van der Waals surface area contributed by atoms with Gasteiger partial charge in [0.15, 0.2) is 0 Å². The normalized spacial score (nSPS) is 18.3. The fourth-order valence-corrected chi connectivity index (χ4v) is 5.03. The van der Waals surface area contributed by atoms with Crippen LogP contribution < -0.4 is 0 Å². The number of sulfonamides is 1. The molecule has 0 unspecified atom stereocenters. The van der Waals surface area contributed by atoms with Gasteiger partial charge in [0.2, 0.25) is 10.0 Å². The first kappa shape index (κ1) is 20.9. The molecule has 2 amide bonds. The third-order valence-corrected chi connectivity index (χ3v) is 6.80. The number of amides is 2. The molecule has 1 fully saturated rings. The summed E-state index contributed by atoms with van der Waals surface area (Å²) in [5.41, 5.74) is 0.309. The number of aryl methyl sites for hydroxylation is 1. The van der Waals surface area contributed by atoms with Crippen LogP contribution >= 0.6 is 0 Å². The van der Waals surface area contributed by atoms with E-state index in [0.717, 1.165) is 5.06 Å². The molecule has 0 aliphatic carbocycles. The van der Waals surface area contributed by atoms with Crippen molar-refractivity contribution < 1.29 is 27.6 Å². The van der Waals surface area contributed by atoms with E-state index in [4.69, 9.17) is 9.57 Å². The number of hydrogen-bond donors (Lipinski definition) is 0. The minimum Gasteiger partial charge on any atom is -0.379 e. The van der Waals surface area contributed by atoms with E-state index in [1.165, 1.54) is 16.4 Å². The molecule has 1 saturated heterocycles. The molecule has 0 spiro atoms. The second-order valence-electron chi connectivity index (χ2n) is 8.25. The zero-order valence-electron chi connectivity index (χ0n) is 17.3. The van der Waals surface area contributed by atoms with Crippen LogP contribution in [0.1, 0.15) is 47.2 Å². The Kier molecular flexibility index (Phi) is 4.93. The molecule has 30 heavy (non-hydrogen) atoms. The lowest BCUT2D eigenvalue weighted by atomic mass is 10.0. The van der Waals surface area contributed by atoms with E-state index in [0.29, 0.717) is 29.8 Å². The third-order valence-electron chi connectivity index (χ3n) is 4.91. The van der Waals surface area contributed by atoms with Gasteiger partial charge in [-0.2, -0.15) is 4.31 Å². The van der Waals surface area contributed by atoms with Gasteiger partial charge in [0, 0.05) is 18.5 Å². The molecule has 1 aromatic heterocycles. The summed E-state index contributed by atoms with van der Waals surface area (Å²) in [5, 5.41) is 1.05. The molecule has 2 aliphatic heterocycles. The number of aromatic nitrogens is 1. The predicted octanol–water partition coefficient (Wildman–Crippen LogP) is 1.89. The maximum absolute atomic E-state index is 13.1. The lowest BCUT2D eigenvalue weighted by Gasteiger charge is -2.26.